The second-order valence-electron chi connectivity index (χ2n) is 5.17. The average Bonchev–Trinajstić information content (AvgIpc) is 3.17. The Bertz CT molecular complexity index is 545. The first-order valence-electron chi connectivity index (χ1n) is 6.30. The number of amides is 1. The molecule has 0 N–H and O–H groups in total. The van der Waals surface area contributed by atoms with E-state index in [1.54, 1.807) is 19.1 Å². The Morgan fingerprint density at radius 3 is 2.26 bits per heavy atom. The monoisotopic (exact) mass is 258 g/mol. The number of anilines is 1. The van der Waals surface area contributed by atoms with Gasteiger partial charge in [-0.1, -0.05) is 0 Å². The molecule has 2 rings (SSSR count). The molecule has 1 fully saturated rings. The Kier molecular flexibility index (Phi) is 3.23. The van der Waals surface area contributed by atoms with Crippen molar-refractivity contribution in [2.24, 2.45) is 5.41 Å². The number of hydrogen-bond acceptors (Lipinski definition) is 3. The SMILES string of the molecule is COc1c(C)cc(N(C)C(=O)C2(C#N)CC2)cc1C. The van der Waals surface area contributed by atoms with Crippen LogP contribution in [0.25, 0.3) is 0 Å². The molecule has 0 heterocycles. The Morgan fingerprint density at radius 2 is 1.89 bits per heavy atom. The molecule has 4 heteroatoms. The molecule has 0 aromatic heterocycles. The Hall–Kier alpha value is -2.02. The molecular formula is C15H18N2O2. The summed E-state index contributed by atoms with van der Waals surface area (Å²) >= 11 is 0. The number of methoxy groups -OCH3 is 1. The summed E-state index contributed by atoms with van der Waals surface area (Å²) in [6, 6.07) is 5.97. The van der Waals surface area contributed by atoms with Crippen molar-refractivity contribution in [3.05, 3.63) is 23.3 Å². The summed E-state index contributed by atoms with van der Waals surface area (Å²) in [5.74, 6) is 0.727. The third kappa shape index (κ3) is 2.17. The lowest BCUT2D eigenvalue weighted by Crippen LogP contribution is -2.33. The topological polar surface area (TPSA) is 53.3 Å². The predicted molar refractivity (Wildman–Crippen MR) is 73.2 cm³/mol. The van der Waals surface area contributed by atoms with Gasteiger partial charge in [0.05, 0.1) is 13.2 Å². The van der Waals surface area contributed by atoms with Crippen LogP contribution in [-0.4, -0.2) is 20.1 Å². The second-order valence-corrected chi connectivity index (χ2v) is 5.17. The summed E-state index contributed by atoms with van der Waals surface area (Å²) in [7, 11) is 3.36. The van der Waals surface area contributed by atoms with Crippen molar-refractivity contribution in [2.45, 2.75) is 26.7 Å². The number of nitrogens with zero attached hydrogens (tertiary/aromatic N) is 2. The maximum absolute atomic E-state index is 12.3. The van der Waals surface area contributed by atoms with Gasteiger partial charge in [0.15, 0.2) is 0 Å². The van der Waals surface area contributed by atoms with Crippen LogP contribution >= 0.6 is 0 Å². The zero-order chi connectivity index (χ0) is 14.2. The molecule has 1 aromatic carbocycles. The second kappa shape index (κ2) is 4.58. The molecule has 0 unspecified atom stereocenters. The highest BCUT2D eigenvalue weighted by Gasteiger charge is 2.52. The molecular weight excluding hydrogens is 240 g/mol. The molecule has 1 amide bonds. The molecule has 1 aromatic rings. The van der Waals surface area contributed by atoms with Crippen molar-refractivity contribution in [1.82, 2.24) is 0 Å². The van der Waals surface area contributed by atoms with Crippen molar-refractivity contribution in [2.75, 3.05) is 19.1 Å². The number of carbonyl (C=O) groups is 1. The molecule has 0 radical (unpaired) electrons. The summed E-state index contributed by atoms with van der Waals surface area (Å²) in [6.45, 7) is 3.90. The highest BCUT2D eigenvalue weighted by molar-refractivity contribution is 6.01. The van der Waals surface area contributed by atoms with Crippen LogP contribution in [0.3, 0.4) is 0 Å². The van der Waals surface area contributed by atoms with Gasteiger partial charge in [0, 0.05) is 12.7 Å². The van der Waals surface area contributed by atoms with Gasteiger partial charge in [-0.25, -0.2) is 0 Å². The Balaban J connectivity index is 2.33. The summed E-state index contributed by atoms with van der Waals surface area (Å²) in [5, 5.41) is 9.10. The highest BCUT2D eigenvalue weighted by atomic mass is 16.5. The lowest BCUT2D eigenvalue weighted by atomic mass is 10.1. The maximum atomic E-state index is 12.3. The van der Waals surface area contributed by atoms with Crippen molar-refractivity contribution < 1.29 is 9.53 Å². The number of carbonyl (C=O) groups excluding carboxylic acids is 1. The summed E-state index contributed by atoms with van der Waals surface area (Å²) in [6.07, 6.45) is 1.33. The number of ether oxygens (including phenoxy) is 1. The molecule has 0 atom stereocenters. The number of benzene rings is 1. The molecule has 0 aliphatic heterocycles. The van der Waals surface area contributed by atoms with Gasteiger partial charge in [-0.3, -0.25) is 4.79 Å². The molecule has 1 saturated carbocycles. The number of aryl methyl sites for hydroxylation is 2. The first-order chi connectivity index (χ1) is 8.95. The van der Waals surface area contributed by atoms with E-state index in [9.17, 15) is 4.79 Å². The van der Waals surface area contributed by atoms with Gasteiger partial charge in [0.25, 0.3) is 0 Å². The minimum atomic E-state index is -0.781. The Labute approximate surface area is 113 Å². The van der Waals surface area contributed by atoms with E-state index in [-0.39, 0.29) is 5.91 Å². The minimum absolute atomic E-state index is 0.112. The maximum Gasteiger partial charge on any atom is 0.247 e. The summed E-state index contributed by atoms with van der Waals surface area (Å²) in [4.78, 5) is 13.9. The van der Waals surface area contributed by atoms with E-state index < -0.39 is 5.41 Å². The van der Waals surface area contributed by atoms with Crippen LogP contribution in [0.1, 0.15) is 24.0 Å². The van der Waals surface area contributed by atoms with Gasteiger partial charge in [-0.05, 0) is 49.9 Å². The molecule has 19 heavy (non-hydrogen) atoms. The average molecular weight is 258 g/mol. The largest absolute Gasteiger partial charge is 0.496 e. The number of hydrogen-bond donors (Lipinski definition) is 0. The third-order valence-electron chi connectivity index (χ3n) is 3.71. The van der Waals surface area contributed by atoms with Crippen molar-refractivity contribution in [1.29, 1.82) is 5.26 Å². The minimum Gasteiger partial charge on any atom is -0.496 e. The van der Waals surface area contributed by atoms with Gasteiger partial charge in [0.2, 0.25) is 5.91 Å². The quantitative estimate of drug-likeness (QED) is 0.837. The van der Waals surface area contributed by atoms with E-state index in [0.29, 0.717) is 12.8 Å². The van der Waals surface area contributed by atoms with Crippen LogP contribution in [0.5, 0.6) is 5.75 Å². The van der Waals surface area contributed by atoms with Crippen molar-refractivity contribution >= 4 is 11.6 Å². The summed E-state index contributed by atoms with van der Waals surface area (Å²) < 4.78 is 5.32. The fourth-order valence-corrected chi connectivity index (χ4v) is 2.38. The lowest BCUT2D eigenvalue weighted by Gasteiger charge is -2.22. The van der Waals surface area contributed by atoms with Gasteiger partial charge >= 0.3 is 0 Å². The molecule has 1 aliphatic rings. The van der Waals surface area contributed by atoms with E-state index in [4.69, 9.17) is 10.00 Å². The van der Waals surface area contributed by atoms with Crippen LogP contribution in [-0.2, 0) is 4.79 Å². The predicted octanol–water partition coefficient (Wildman–Crippen LogP) is 2.58. The fraction of sp³-hybridized carbons (Fsp3) is 0.467. The molecule has 100 valence electrons. The Morgan fingerprint density at radius 1 is 1.37 bits per heavy atom. The van der Waals surface area contributed by atoms with E-state index in [2.05, 4.69) is 6.07 Å². The van der Waals surface area contributed by atoms with Crippen LogP contribution in [0.2, 0.25) is 0 Å². The van der Waals surface area contributed by atoms with Gasteiger partial charge < -0.3 is 9.64 Å². The molecule has 4 nitrogen and oxygen atoms in total. The number of rotatable bonds is 3. The zero-order valence-electron chi connectivity index (χ0n) is 11.8. The highest BCUT2D eigenvalue weighted by Crippen LogP contribution is 2.47. The van der Waals surface area contributed by atoms with Gasteiger partial charge in [0.1, 0.15) is 11.2 Å². The lowest BCUT2D eigenvalue weighted by molar-refractivity contribution is -0.121. The third-order valence-corrected chi connectivity index (χ3v) is 3.71. The number of nitriles is 1. The smallest absolute Gasteiger partial charge is 0.247 e. The van der Waals surface area contributed by atoms with Crippen molar-refractivity contribution in [3.8, 4) is 11.8 Å². The standard InChI is InChI=1S/C15H18N2O2/c1-10-7-12(8-11(2)13(10)19-4)17(3)14(18)15(9-16)5-6-15/h7-8H,5-6H2,1-4H3. The molecule has 1 aliphatic carbocycles. The van der Waals surface area contributed by atoms with Crippen LogP contribution < -0.4 is 9.64 Å². The first kappa shape index (κ1) is 13.4. The van der Waals surface area contributed by atoms with E-state index in [1.165, 1.54) is 0 Å². The molecule has 0 bridgehead atoms. The van der Waals surface area contributed by atoms with E-state index in [1.807, 2.05) is 26.0 Å². The summed E-state index contributed by atoms with van der Waals surface area (Å²) in [5.41, 5.74) is 2.00. The van der Waals surface area contributed by atoms with Gasteiger partial charge in [-0.15, -0.1) is 0 Å². The van der Waals surface area contributed by atoms with Crippen molar-refractivity contribution in [3.63, 3.8) is 0 Å². The fourth-order valence-electron chi connectivity index (χ4n) is 2.38. The van der Waals surface area contributed by atoms with Crippen LogP contribution in [0, 0.1) is 30.6 Å². The first-order valence-corrected chi connectivity index (χ1v) is 6.30. The van der Waals surface area contributed by atoms with E-state index >= 15 is 0 Å². The molecule has 0 saturated heterocycles. The van der Waals surface area contributed by atoms with Gasteiger partial charge in [-0.2, -0.15) is 5.26 Å². The van der Waals surface area contributed by atoms with Crippen LogP contribution in [0.15, 0.2) is 12.1 Å². The zero-order valence-corrected chi connectivity index (χ0v) is 11.8. The molecule has 0 spiro atoms. The van der Waals surface area contributed by atoms with E-state index in [0.717, 1.165) is 22.6 Å². The normalized spacial score (nSPS) is 15.5. The van der Waals surface area contributed by atoms with Crippen LogP contribution in [0.4, 0.5) is 5.69 Å².